The molecule has 2 rings (SSSR count). The van der Waals surface area contributed by atoms with E-state index in [0.29, 0.717) is 11.6 Å². The Labute approximate surface area is 121 Å². The molecule has 108 valence electrons. The van der Waals surface area contributed by atoms with Gasteiger partial charge in [-0.05, 0) is 0 Å². The van der Waals surface area contributed by atoms with E-state index in [4.69, 9.17) is 13.9 Å². The van der Waals surface area contributed by atoms with Gasteiger partial charge in [-0.1, -0.05) is 20.8 Å². The number of carbonyl (C=O) groups is 1. The van der Waals surface area contributed by atoms with Gasteiger partial charge in [-0.15, -0.1) is 11.3 Å². The summed E-state index contributed by atoms with van der Waals surface area (Å²) in [5, 5.41) is 1.86. The van der Waals surface area contributed by atoms with E-state index in [1.807, 2.05) is 32.2 Å². The zero-order valence-electron chi connectivity index (χ0n) is 12.1. The molecule has 0 radical (unpaired) electrons. The Bertz CT molecular complexity index is 621. The summed E-state index contributed by atoms with van der Waals surface area (Å²) in [6.45, 7) is 5.90. The van der Waals surface area contributed by atoms with Crippen molar-refractivity contribution in [1.29, 1.82) is 0 Å². The van der Waals surface area contributed by atoms with Gasteiger partial charge < -0.3 is 13.9 Å². The number of carbonyl (C=O) groups excluding carboxylic acids is 1. The zero-order valence-corrected chi connectivity index (χ0v) is 13.0. The lowest BCUT2D eigenvalue weighted by Crippen LogP contribution is -2.17. The summed E-state index contributed by atoms with van der Waals surface area (Å²) < 4.78 is 15.5. The molecule has 0 unspecified atom stereocenters. The molecule has 0 aliphatic carbocycles. The predicted molar refractivity (Wildman–Crippen MR) is 76.4 cm³/mol. The SMILES string of the molecule is COC(=O)c1oc(-c2cc(OC)cs2)nc1C(C)(C)C. The Balaban J connectivity index is 2.51. The molecule has 0 amide bonds. The first-order valence-electron chi connectivity index (χ1n) is 6.09. The number of aromatic nitrogens is 1. The molecule has 0 aliphatic rings. The molecule has 2 heterocycles. The van der Waals surface area contributed by atoms with Crippen LogP contribution in [0.15, 0.2) is 15.9 Å². The molecule has 0 aliphatic heterocycles. The van der Waals surface area contributed by atoms with E-state index in [2.05, 4.69) is 4.98 Å². The average molecular weight is 295 g/mol. The van der Waals surface area contributed by atoms with Crippen molar-refractivity contribution in [3.63, 3.8) is 0 Å². The quantitative estimate of drug-likeness (QED) is 0.811. The van der Waals surface area contributed by atoms with Crippen LogP contribution < -0.4 is 4.74 Å². The van der Waals surface area contributed by atoms with E-state index in [-0.39, 0.29) is 11.2 Å². The number of rotatable bonds is 3. The second-order valence-electron chi connectivity index (χ2n) is 5.29. The van der Waals surface area contributed by atoms with Gasteiger partial charge in [0, 0.05) is 16.9 Å². The molecule has 0 saturated carbocycles. The predicted octanol–water partition coefficient (Wildman–Crippen LogP) is 3.50. The first-order chi connectivity index (χ1) is 9.36. The fourth-order valence-corrected chi connectivity index (χ4v) is 2.48. The third kappa shape index (κ3) is 2.70. The van der Waals surface area contributed by atoms with Crippen LogP contribution in [0, 0.1) is 0 Å². The van der Waals surface area contributed by atoms with Crippen molar-refractivity contribution in [1.82, 2.24) is 4.98 Å². The Kier molecular flexibility index (Phi) is 3.85. The molecule has 0 N–H and O–H groups in total. The fourth-order valence-electron chi connectivity index (χ4n) is 1.70. The second kappa shape index (κ2) is 5.28. The molecule has 20 heavy (non-hydrogen) atoms. The fraction of sp³-hybridized carbons (Fsp3) is 0.429. The Morgan fingerprint density at radius 1 is 1.35 bits per heavy atom. The van der Waals surface area contributed by atoms with Gasteiger partial charge in [0.25, 0.3) is 0 Å². The highest BCUT2D eigenvalue weighted by Gasteiger charge is 2.30. The molecule has 0 atom stereocenters. The van der Waals surface area contributed by atoms with Gasteiger partial charge in [0.15, 0.2) is 0 Å². The minimum absolute atomic E-state index is 0.155. The van der Waals surface area contributed by atoms with Crippen LogP contribution >= 0.6 is 11.3 Å². The highest BCUT2D eigenvalue weighted by molar-refractivity contribution is 7.13. The number of methoxy groups -OCH3 is 2. The summed E-state index contributed by atoms with van der Waals surface area (Å²) in [5.74, 6) is 0.781. The average Bonchev–Trinajstić information content (AvgIpc) is 3.02. The summed E-state index contributed by atoms with van der Waals surface area (Å²) in [5.41, 5.74) is 0.277. The van der Waals surface area contributed by atoms with Gasteiger partial charge in [-0.25, -0.2) is 9.78 Å². The summed E-state index contributed by atoms with van der Waals surface area (Å²) in [4.78, 5) is 17.1. The van der Waals surface area contributed by atoms with Crippen LogP contribution in [0.4, 0.5) is 0 Å². The maximum absolute atomic E-state index is 11.8. The molecule has 5 nitrogen and oxygen atoms in total. The number of hydrogen-bond acceptors (Lipinski definition) is 6. The van der Waals surface area contributed by atoms with Crippen LogP contribution in [0.1, 0.15) is 37.0 Å². The van der Waals surface area contributed by atoms with Crippen molar-refractivity contribution in [2.45, 2.75) is 26.2 Å². The largest absolute Gasteiger partial charge is 0.496 e. The van der Waals surface area contributed by atoms with Gasteiger partial charge in [0.05, 0.1) is 19.1 Å². The molecule has 2 aromatic rings. The monoisotopic (exact) mass is 295 g/mol. The first-order valence-corrected chi connectivity index (χ1v) is 6.97. The van der Waals surface area contributed by atoms with Crippen molar-refractivity contribution < 1.29 is 18.7 Å². The lowest BCUT2D eigenvalue weighted by Gasteiger charge is -2.15. The van der Waals surface area contributed by atoms with Gasteiger partial charge in [-0.3, -0.25) is 0 Å². The Morgan fingerprint density at radius 3 is 2.55 bits per heavy atom. The number of thiophene rings is 1. The summed E-state index contributed by atoms with van der Waals surface area (Å²) in [7, 11) is 2.92. The second-order valence-corrected chi connectivity index (χ2v) is 6.20. The van der Waals surface area contributed by atoms with Crippen molar-refractivity contribution in [2.24, 2.45) is 0 Å². The zero-order chi connectivity index (χ0) is 14.9. The van der Waals surface area contributed by atoms with Gasteiger partial charge >= 0.3 is 5.97 Å². The highest BCUT2D eigenvalue weighted by Crippen LogP contribution is 2.35. The molecular formula is C14H17NO4S. The van der Waals surface area contributed by atoms with E-state index in [1.165, 1.54) is 18.4 Å². The van der Waals surface area contributed by atoms with Gasteiger partial charge in [-0.2, -0.15) is 0 Å². The Hall–Kier alpha value is -1.82. The van der Waals surface area contributed by atoms with Crippen LogP contribution in [-0.4, -0.2) is 25.2 Å². The van der Waals surface area contributed by atoms with E-state index < -0.39 is 5.97 Å². The van der Waals surface area contributed by atoms with Crippen LogP contribution in [-0.2, 0) is 10.2 Å². The lowest BCUT2D eigenvalue weighted by molar-refractivity contribution is 0.0562. The molecule has 0 fully saturated rings. The van der Waals surface area contributed by atoms with Crippen molar-refractivity contribution in [2.75, 3.05) is 14.2 Å². The summed E-state index contributed by atoms with van der Waals surface area (Å²) in [6, 6.07) is 1.82. The molecule has 0 bridgehead atoms. The number of ether oxygens (including phenoxy) is 2. The highest BCUT2D eigenvalue weighted by atomic mass is 32.1. The molecule has 6 heteroatoms. The van der Waals surface area contributed by atoms with E-state index >= 15 is 0 Å². The molecule has 0 spiro atoms. The third-order valence-corrected chi connectivity index (χ3v) is 3.63. The van der Waals surface area contributed by atoms with Crippen molar-refractivity contribution in [3.8, 4) is 16.5 Å². The lowest BCUT2D eigenvalue weighted by atomic mass is 9.91. The standard InChI is InChI=1S/C14H17NO4S/c1-14(2,3)11-10(13(16)18-5)19-12(15-11)9-6-8(17-4)7-20-9/h6-7H,1-5H3. The van der Waals surface area contributed by atoms with Gasteiger partial charge in [0.1, 0.15) is 11.4 Å². The topological polar surface area (TPSA) is 61.6 Å². The minimum Gasteiger partial charge on any atom is -0.496 e. The maximum Gasteiger partial charge on any atom is 0.376 e. The Morgan fingerprint density at radius 2 is 2.05 bits per heavy atom. The van der Waals surface area contributed by atoms with E-state index in [1.54, 1.807) is 7.11 Å². The minimum atomic E-state index is -0.516. The molecular weight excluding hydrogens is 278 g/mol. The van der Waals surface area contributed by atoms with Crippen LogP contribution in [0.2, 0.25) is 0 Å². The van der Waals surface area contributed by atoms with E-state index in [9.17, 15) is 4.79 Å². The summed E-state index contributed by atoms with van der Waals surface area (Å²) in [6.07, 6.45) is 0. The van der Waals surface area contributed by atoms with Gasteiger partial charge in [0.2, 0.25) is 11.7 Å². The van der Waals surface area contributed by atoms with Crippen molar-refractivity contribution >= 4 is 17.3 Å². The van der Waals surface area contributed by atoms with Crippen molar-refractivity contribution in [3.05, 3.63) is 22.9 Å². The number of hydrogen-bond donors (Lipinski definition) is 0. The van der Waals surface area contributed by atoms with Crippen LogP contribution in [0.3, 0.4) is 0 Å². The number of esters is 1. The molecule has 0 saturated heterocycles. The normalized spacial score (nSPS) is 11.4. The third-order valence-electron chi connectivity index (χ3n) is 2.73. The smallest absolute Gasteiger partial charge is 0.376 e. The molecule has 0 aromatic carbocycles. The van der Waals surface area contributed by atoms with E-state index in [0.717, 1.165) is 10.6 Å². The first kappa shape index (κ1) is 14.6. The number of oxazole rings is 1. The maximum atomic E-state index is 11.8. The van der Waals surface area contributed by atoms with Crippen LogP contribution in [0.25, 0.3) is 10.8 Å². The number of nitrogens with zero attached hydrogens (tertiary/aromatic N) is 1. The summed E-state index contributed by atoms with van der Waals surface area (Å²) >= 11 is 1.45. The van der Waals surface area contributed by atoms with Crippen LogP contribution in [0.5, 0.6) is 5.75 Å². The molecule has 2 aromatic heterocycles.